The fraction of sp³-hybridized carbons (Fsp3) is 0.190. The van der Waals surface area contributed by atoms with E-state index in [9.17, 15) is 23.1 Å². The Hall–Kier alpha value is -3.64. The van der Waals surface area contributed by atoms with Gasteiger partial charge in [-0.25, -0.2) is 13.2 Å². The van der Waals surface area contributed by atoms with Gasteiger partial charge in [0.25, 0.3) is 15.9 Å². The summed E-state index contributed by atoms with van der Waals surface area (Å²) in [4.78, 5) is 28.2. The van der Waals surface area contributed by atoms with Crippen molar-refractivity contribution in [1.29, 1.82) is 0 Å². The largest absolute Gasteiger partial charge is 0.480 e. The van der Waals surface area contributed by atoms with Gasteiger partial charge in [0.15, 0.2) is 5.96 Å². The number of carbonyl (C=O) groups is 2. The van der Waals surface area contributed by atoms with Crippen LogP contribution in [0.2, 0.25) is 0 Å². The lowest BCUT2D eigenvalue weighted by molar-refractivity contribution is -0.139. The third-order valence-corrected chi connectivity index (χ3v) is 7.04. The Morgan fingerprint density at radius 2 is 1.82 bits per heavy atom. The number of fused-ring (bicyclic) bond motifs is 1. The van der Waals surface area contributed by atoms with E-state index in [0.717, 1.165) is 16.7 Å². The Balaban J connectivity index is 1.77. The van der Waals surface area contributed by atoms with Gasteiger partial charge in [0, 0.05) is 11.9 Å². The van der Waals surface area contributed by atoms with Crippen LogP contribution in [0.4, 0.5) is 5.69 Å². The molecule has 0 saturated heterocycles. The van der Waals surface area contributed by atoms with Crippen LogP contribution in [0.15, 0.2) is 63.8 Å². The van der Waals surface area contributed by atoms with Crippen molar-refractivity contribution in [3.8, 4) is 0 Å². The van der Waals surface area contributed by atoms with E-state index in [4.69, 9.17) is 11.5 Å². The number of hydrogen-bond acceptors (Lipinski definition) is 6. The summed E-state index contributed by atoms with van der Waals surface area (Å²) in [6.07, 6.45) is 0.431. The number of thiophene rings is 1. The van der Waals surface area contributed by atoms with E-state index in [2.05, 4.69) is 15.0 Å². The molecule has 2 aromatic carbocycles. The van der Waals surface area contributed by atoms with Crippen molar-refractivity contribution < 1.29 is 23.1 Å². The molecule has 0 bridgehead atoms. The van der Waals surface area contributed by atoms with Gasteiger partial charge in [-0.15, -0.1) is 11.3 Å². The third kappa shape index (κ3) is 5.99. The number of benzene rings is 2. The number of anilines is 1. The highest BCUT2D eigenvalue weighted by Gasteiger charge is 2.25. The number of nitrogens with zero attached hydrogens (tertiary/aromatic N) is 1. The molecule has 7 N–H and O–H groups in total. The van der Waals surface area contributed by atoms with Crippen LogP contribution in [0.25, 0.3) is 10.8 Å². The topological polar surface area (TPSA) is 177 Å². The third-order valence-electron chi connectivity index (χ3n) is 4.70. The van der Waals surface area contributed by atoms with Gasteiger partial charge in [0.2, 0.25) is 0 Å². The molecule has 33 heavy (non-hydrogen) atoms. The van der Waals surface area contributed by atoms with E-state index in [1.165, 1.54) is 12.1 Å². The van der Waals surface area contributed by atoms with Crippen LogP contribution < -0.4 is 21.5 Å². The quantitative estimate of drug-likeness (QED) is 0.164. The lowest BCUT2D eigenvalue weighted by Crippen LogP contribution is -2.40. The van der Waals surface area contributed by atoms with E-state index < -0.39 is 27.9 Å². The zero-order valence-corrected chi connectivity index (χ0v) is 19.0. The minimum atomic E-state index is -4.01. The van der Waals surface area contributed by atoms with Crippen molar-refractivity contribution >= 4 is 55.7 Å². The Labute approximate surface area is 194 Å². The average molecular weight is 490 g/mol. The molecule has 0 spiro atoms. The summed E-state index contributed by atoms with van der Waals surface area (Å²) in [5.74, 6) is -2.02. The Bertz CT molecular complexity index is 1290. The van der Waals surface area contributed by atoms with Gasteiger partial charge in [-0.05, 0) is 35.7 Å². The number of carboxylic acid groups (broad SMARTS) is 1. The van der Waals surface area contributed by atoms with Gasteiger partial charge < -0.3 is 21.9 Å². The van der Waals surface area contributed by atoms with Crippen molar-refractivity contribution in [2.45, 2.75) is 23.8 Å². The second-order valence-corrected chi connectivity index (χ2v) is 9.63. The van der Waals surface area contributed by atoms with Gasteiger partial charge >= 0.3 is 5.97 Å². The monoisotopic (exact) mass is 489 g/mol. The van der Waals surface area contributed by atoms with Crippen LogP contribution in [-0.4, -0.2) is 43.9 Å². The van der Waals surface area contributed by atoms with Gasteiger partial charge in [0.05, 0.1) is 10.6 Å². The predicted octanol–water partition coefficient (Wildman–Crippen LogP) is 1.94. The number of carbonyl (C=O) groups excluding carboxylic acids is 1. The van der Waals surface area contributed by atoms with Crippen molar-refractivity contribution in [1.82, 2.24) is 5.32 Å². The molecule has 0 radical (unpaired) electrons. The number of nitrogens with one attached hydrogen (secondary N) is 2. The predicted molar refractivity (Wildman–Crippen MR) is 128 cm³/mol. The first-order valence-corrected chi connectivity index (χ1v) is 12.2. The summed E-state index contributed by atoms with van der Waals surface area (Å²) < 4.78 is 28.6. The van der Waals surface area contributed by atoms with Gasteiger partial charge in [-0.3, -0.25) is 14.5 Å². The molecule has 1 aromatic heterocycles. The molecule has 1 heterocycles. The fourth-order valence-corrected chi connectivity index (χ4v) is 5.30. The number of amides is 1. The Morgan fingerprint density at radius 1 is 1.09 bits per heavy atom. The minimum absolute atomic E-state index is 0.0503. The van der Waals surface area contributed by atoms with E-state index in [1.807, 2.05) is 6.07 Å². The molecule has 174 valence electrons. The maximum atomic E-state index is 13.1. The van der Waals surface area contributed by atoms with E-state index >= 15 is 0 Å². The maximum Gasteiger partial charge on any atom is 0.326 e. The molecule has 0 unspecified atom stereocenters. The maximum absolute atomic E-state index is 13.1. The average Bonchev–Trinajstić information content (AvgIpc) is 3.22. The van der Waals surface area contributed by atoms with Crippen LogP contribution in [-0.2, 0) is 14.8 Å². The first-order valence-electron chi connectivity index (χ1n) is 9.86. The number of hydrogen-bond donors (Lipinski definition) is 5. The molecule has 1 atom stereocenters. The molecule has 0 aliphatic heterocycles. The summed E-state index contributed by atoms with van der Waals surface area (Å²) in [6, 6.07) is 12.2. The van der Waals surface area contributed by atoms with Crippen LogP contribution in [0, 0.1) is 0 Å². The highest BCUT2D eigenvalue weighted by molar-refractivity contribution is 7.93. The van der Waals surface area contributed by atoms with Crippen molar-refractivity contribution in [2.75, 3.05) is 11.3 Å². The number of aliphatic imine (C=N–C) groups is 1. The second-order valence-electron chi connectivity index (χ2n) is 7.06. The van der Waals surface area contributed by atoms with E-state index in [0.29, 0.717) is 11.8 Å². The van der Waals surface area contributed by atoms with Crippen LogP contribution in [0.1, 0.15) is 22.5 Å². The SMILES string of the molecule is NC(N)=NCCC[C@H](NC(=O)c1sccc1NS(=O)(=O)c1cccc2ccccc12)C(=O)O. The van der Waals surface area contributed by atoms with Crippen LogP contribution in [0.3, 0.4) is 0 Å². The lowest BCUT2D eigenvalue weighted by atomic mass is 10.1. The standard InChI is InChI=1S/C21H23N5O5S2/c22-21(23)24-11-4-8-16(20(28)29)25-19(27)18-15(10-12-32-18)26-33(30,31)17-9-3-6-13-5-1-2-7-14(13)17/h1-3,5-7,9-10,12,16,26H,4,8,11H2,(H,25,27)(H,28,29)(H4,22,23,24)/t16-/m0/s1. The van der Waals surface area contributed by atoms with Gasteiger partial charge in [0.1, 0.15) is 10.9 Å². The van der Waals surface area contributed by atoms with E-state index in [-0.39, 0.29) is 34.4 Å². The molecule has 0 fully saturated rings. The van der Waals surface area contributed by atoms with Crippen molar-refractivity contribution in [3.63, 3.8) is 0 Å². The summed E-state index contributed by atoms with van der Waals surface area (Å²) >= 11 is 0.996. The van der Waals surface area contributed by atoms with Crippen LogP contribution in [0.5, 0.6) is 0 Å². The lowest BCUT2D eigenvalue weighted by Gasteiger charge is -2.15. The molecule has 3 aromatic rings. The molecule has 0 saturated carbocycles. The molecule has 0 aliphatic rings. The molecule has 3 rings (SSSR count). The Morgan fingerprint density at radius 3 is 2.55 bits per heavy atom. The van der Waals surface area contributed by atoms with Gasteiger partial charge in [-0.1, -0.05) is 36.4 Å². The minimum Gasteiger partial charge on any atom is -0.480 e. The number of carboxylic acids is 1. The molecule has 1 amide bonds. The van der Waals surface area contributed by atoms with Crippen LogP contribution >= 0.6 is 11.3 Å². The smallest absolute Gasteiger partial charge is 0.326 e. The van der Waals surface area contributed by atoms with E-state index in [1.54, 1.807) is 35.7 Å². The summed E-state index contributed by atoms with van der Waals surface area (Å²) in [5.41, 5.74) is 10.5. The molecule has 12 heteroatoms. The summed E-state index contributed by atoms with van der Waals surface area (Å²) in [5, 5.41) is 14.7. The number of aliphatic carboxylic acids is 1. The molecule has 0 aliphatic carbocycles. The summed E-state index contributed by atoms with van der Waals surface area (Å²) in [7, 11) is -4.01. The van der Waals surface area contributed by atoms with Gasteiger partial charge in [-0.2, -0.15) is 0 Å². The first kappa shape index (κ1) is 24.0. The fourth-order valence-electron chi connectivity index (χ4n) is 3.18. The zero-order chi connectivity index (χ0) is 24.0. The second kappa shape index (κ2) is 10.3. The van der Waals surface area contributed by atoms with Crippen molar-refractivity contribution in [3.05, 3.63) is 58.8 Å². The normalized spacial score (nSPS) is 12.1. The number of rotatable bonds is 10. The number of sulfonamides is 1. The molecular weight excluding hydrogens is 466 g/mol. The first-order chi connectivity index (χ1) is 15.7. The molecule has 10 nitrogen and oxygen atoms in total. The molecular formula is C21H23N5O5S2. The van der Waals surface area contributed by atoms with Crippen molar-refractivity contribution in [2.24, 2.45) is 16.5 Å². The highest BCUT2D eigenvalue weighted by Crippen LogP contribution is 2.28. The Kier molecular flexibility index (Phi) is 7.51. The summed E-state index contributed by atoms with van der Waals surface area (Å²) in [6.45, 7) is 0.219. The number of nitrogens with two attached hydrogens (primary N) is 2. The zero-order valence-electron chi connectivity index (χ0n) is 17.4. The number of guanidine groups is 1. The highest BCUT2D eigenvalue weighted by atomic mass is 32.2.